The highest BCUT2D eigenvalue weighted by Crippen LogP contribution is 2.38. The molecule has 0 N–H and O–H groups in total. The lowest BCUT2D eigenvalue weighted by Crippen LogP contribution is -2.28. The molecule has 1 aromatic carbocycles. The Morgan fingerprint density at radius 1 is 1.25 bits per heavy atom. The van der Waals surface area contributed by atoms with Crippen LogP contribution in [0.3, 0.4) is 0 Å². The van der Waals surface area contributed by atoms with E-state index in [1.54, 1.807) is 35.0 Å². The molecule has 0 bridgehead atoms. The predicted molar refractivity (Wildman–Crippen MR) is 76.4 cm³/mol. The van der Waals surface area contributed by atoms with E-state index in [2.05, 4.69) is 4.98 Å². The number of halogens is 1. The first-order valence-corrected chi connectivity index (χ1v) is 7.35. The van der Waals surface area contributed by atoms with Crippen molar-refractivity contribution in [1.82, 2.24) is 9.88 Å². The van der Waals surface area contributed by atoms with Gasteiger partial charge in [-0.1, -0.05) is 18.2 Å². The van der Waals surface area contributed by atoms with Crippen molar-refractivity contribution in [1.29, 1.82) is 0 Å². The second-order valence-corrected chi connectivity index (χ2v) is 5.63. The Morgan fingerprint density at radius 2 is 2.05 bits per heavy atom. The minimum absolute atomic E-state index is 0.0613. The Balaban J connectivity index is 1.82. The molecule has 3 rings (SSSR count). The maximum atomic E-state index is 12.9. The van der Waals surface area contributed by atoms with E-state index in [1.165, 1.54) is 12.1 Å². The third-order valence-corrected chi connectivity index (χ3v) is 4.40. The number of benzene rings is 1. The first-order chi connectivity index (χ1) is 9.74. The van der Waals surface area contributed by atoms with Gasteiger partial charge in [-0.3, -0.25) is 9.78 Å². The topological polar surface area (TPSA) is 33.2 Å². The molecule has 1 aliphatic rings. The Labute approximate surface area is 120 Å². The van der Waals surface area contributed by atoms with Gasteiger partial charge in [0.05, 0.1) is 11.4 Å². The van der Waals surface area contributed by atoms with Crippen LogP contribution in [0.1, 0.15) is 16.6 Å². The van der Waals surface area contributed by atoms with E-state index in [0.717, 1.165) is 11.3 Å². The van der Waals surface area contributed by atoms with E-state index in [4.69, 9.17) is 0 Å². The minimum Gasteiger partial charge on any atom is -0.320 e. The molecule has 0 spiro atoms. The summed E-state index contributed by atoms with van der Waals surface area (Å²) in [6, 6.07) is 11.9. The van der Waals surface area contributed by atoms with Crippen LogP contribution >= 0.6 is 11.8 Å². The van der Waals surface area contributed by atoms with Crippen LogP contribution in [0.5, 0.6) is 0 Å². The fourth-order valence-corrected chi connectivity index (χ4v) is 3.33. The highest BCUT2D eigenvalue weighted by atomic mass is 32.2. The highest BCUT2D eigenvalue weighted by Gasteiger charge is 2.33. The second-order valence-electron chi connectivity index (χ2n) is 4.57. The standard InChI is InChI=1S/C15H13FN2OS/c16-12-6-4-11(5-7-12)9-18-14(19)10-20-15(18)13-3-1-2-8-17-13/h1-8,15H,9-10H2/t15-/m1/s1. The Bertz CT molecular complexity index is 603. The lowest BCUT2D eigenvalue weighted by Gasteiger charge is -2.23. The van der Waals surface area contributed by atoms with Crippen molar-refractivity contribution in [3.8, 4) is 0 Å². The minimum atomic E-state index is -0.267. The number of carbonyl (C=O) groups excluding carboxylic acids is 1. The van der Waals surface area contributed by atoms with Crippen molar-refractivity contribution < 1.29 is 9.18 Å². The van der Waals surface area contributed by atoms with Crippen LogP contribution in [0.15, 0.2) is 48.7 Å². The maximum Gasteiger partial charge on any atom is 0.234 e. The van der Waals surface area contributed by atoms with Gasteiger partial charge in [0.25, 0.3) is 0 Å². The molecule has 2 heterocycles. The lowest BCUT2D eigenvalue weighted by atomic mass is 10.2. The summed E-state index contributed by atoms with van der Waals surface area (Å²) in [5, 5.41) is -0.0613. The molecule has 1 fully saturated rings. The summed E-state index contributed by atoms with van der Waals surface area (Å²) in [5.41, 5.74) is 1.80. The monoisotopic (exact) mass is 288 g/mol. The molecule has 1 atom stereocenters. The average molecular weight is 288 g/mol. The van der Waals surface area contributed by atoms with E-state index >= 15 is 0 Å². The van der Waals surface area contributed by atoms with Crippen molar-refractivity contribution >= 4 is 17.7 Å². The molecule has 1 amide bonds. The third kappa shape index (κ3) is 2.67. The molecule has 5 heteroatoms. The first kappa shape index (κ1) is 13.1. The Kier molecular flexibility index (Phi) is 3.69. The fourth-order valence-electron chi connectivity index (χ4n) is 2.18. The number of hydrogen-bond donors (Lipinski definition) is 0. The van der Waals surface area contributed by atoms with Crippen LogP contribution < -0.4 is 0 Å². The summed E-state index contributed by atoms with van der Waals surface area (Å²) in [4.78, 5) is 18.2. The second kappa shape index (κ2) is 5.63. The van der Waals surface area contributed by atoms with Crippen LogP contribution in [0.4, 0.5) is 4.39 Å². The van der Waals surface area contributed by atoms with Crippen molar-refractivity contribution in [2.75, 3.05) is 5.75 Å². The van der Waals surface area contributed by atoms with Gasteiger partial charge in [0, 0.05) is 12.7 Å². The van der Waals surface area contributed by atoms with E-state index in [9.17, 15) is 9.18 Å². The Morgan fingerprint density at radius 3 is 2.75 bits per heavy atom. The van der Waals surface area contributed by atoms with Gasteiger partial charge in [0.2, 0.25) is 5.91 Å². The molecule has 0 aliphatic carbocycles. The molecule has 102 valence electrons. The number of hydrogen-bond acceptors (Lipinski definition) is 3. The van der Waals surface area contributed by atoms with Gasteiger partial charge in [-0.15, -0.1) is 11.8 Å². The van der Waals surface area contributed by atoms with Crippen molar-refractivity contribution in [3.63, 3.8) is 0 Å². The normalized spacial score (nSPS) is 18.6. The van der Waals surface area contributed by atoms with Crippen molar-refractivity contribution in [2.24, 2.45) is 0 Å². The summed E-state index contributed by atoms with van der Waals surface area (Å²) in [6.45, 7) is 0.480. The van der Waals surface area contributed by atoms with Gasteiger partial charge in [0.1, 0.15) is 11.2 Å². The summed E-state index contributed by atoms with van der Waals surface area (Å²) in [7, 11) is 0. The van der Waals surface area contributed by atoms with E-state index in [0.29, 0.717) is 12.3 Å². The molecule has 1 aromatic heterocycles. The van der Waals surface area contributed by atoms with Crippen LogP contribution in [0.25, 0.3) is 0 Å². The number of pyridine rings is 1. The zero-order chi connectivity index (χ0) is 13.9. The van der Waals surface area contributed by atoms with Crippen LogP contribution in [-0.4, -0.2) is 21.5 Å². The van der Waals surface area contributed by atoms with Gasteiger partial charge in [-0.2, -0.15) is 0 Å². The van der Waals surface area contributed by atoms with Gasteiger partial charge >= 0.3 is 0 Å². The summed E-state index contributed by atoms with van der Waals surface area (Å²) >= 11 is 1.57. The fraction of sp³-hybridized carbons (Fsp3) is 0.200. The largest absolute Gasteiger partial charge is 0.320 e. The van der Waals surface area contributed by atoms with Gasteiger partial charge in [-0.25, -0.2) is 4.39 Å². The van der Waals surface area contributed by atoms with Crippen LogP contribution in [0, 0.1) is 5.82 Å². The zero-order valence-electron chi connectivity index (χ0n) is 10.7. The number of aromatic nitrogens is 1. The van der Waals surface area contributed by atoms with Crippen LogP contribution in [0.2, 0.25) is 0 Å². The van der Waals surface area contributed by atoms with E-state index < -0.39 is 0 Å². The molecule has 0 unspecified atom stereocenters. The molecule has 1 aliphatic heterocycles. The van der Waals surface area contributed by atoms with Gasteiger partial charge < -0.3 is 4.90 Å². The average Bonchev–Trinajstić information content (AvgIpc) is 2.84. The molecule has 20 heavy (non-hydrogen) atoms. The molecule has 1 saturated heterocycles. The molecule has 3 nitrogen and oxygen atoms in total. The third-order valence-electron chi connectivity index (χ3n) is 3.18. The van der Waals surface area contributed by atoms with Gasteiger partial charge in [-0.05, 0) is 29.8 Å². The van der Waals surface area contributed by atoms with Crippen molar-refractivity contribution in [3.05, 3.63) is 65.7 Å². The van der Waals surface area contributed by atoms with E-state index in [-0.39, 0.29) is 17.1 Å². The number of thioether (sulfide) groups is 1. The molecule has 0 radical (unpaired) electrons. The molecular formula is C15H13FN2OS. The zero-order valence-corrected chi connectivity index (χ0v) is 11.5. The molecule has 0 saturated carbocycles. The SMILES string of the molecule is O=C1CS[C@H](c2ccccn2)N1Cc1ccc(F)cc1. The Hall–Kier alpha value is -1.88. The number of rotatable bonds is 3. The maximum absolute atomic E-state index is 12.9. The lowest BCUT2D eigenvalue weighted by molar-refractivity contribution is -0.128. The number of amides is 1. The summed E-state index contributed by atoms with van der Waals surface area (Å²) in [6.07, 6.45) is 1.73. The highest BCUT2D eigenvalue weighted by molar-refractivity contribution is 8.00. The smallest absolute Gasteiger partial charge is 0.234 e. The summed E-state index contributed by atoms with van der Waals surface area (Å²) < 4.78 is 12.9. The predicted octanol–water partition coefficient (Wildman–Crippen LogP) is 2.99. The van der Waals surface area contributed by atoms with Crippen molar-refractivity contribution in [2.45, 2.75) is 11.9 Å². The quantitative estimate of drug-likeness (QED) is 0.870. The first-order valence-electron chi connectivity index (χ1n) is 6.30. The van der Waals surface area contributed by atoms with Gasteiger partial charge in [0.15, 0.2) is 0 Å². The molecular weight excluding hydrogens is 275 g/mol. The van der Waals surface area contributed by atoms with Crippen LogP contribution in [-0.2, 0) is 11.3 Å². The molecule has 2 aromatic rings. The number of nitrogens with zero attached hydrogens (tertiary/aromatic N) is 2. The van der Waals surface area contributed by atoms with E-state index in [1.807, 2.05) is 18.2 Å². The summed E-state index contributed by atoms with van der Waals surface area (Å²) in [5.74, 6) is 0.287. The number of carbonyl (C=O) groups is 1.